The van der Waals surface area contributed by atoms with Crippen LogP contribution in [0.5, 0.6) is 11.6 Å². The van der Waals surface area contributed by atoms with Gasteiger partial charge in [0.25, 0.3) is 5.91 Å². The number of aryl methyl sites for hydroxylation is 2. The van der Waals surface area contributed by atoms with Crippen molar-refractivity contribution in [3.63, 3.8) is 0 Å². The molecule has 0 spiro atoms. The lowest BCUT2D eigenvalue weighted by Crippen LogP contribution is -2.41. The highest BCUT2D eigenvalue weighted by molar-refractivity contribution is 5.93. The second-order valence-corrected chi connectivity index (χ2v) is 8.05. The van der Waals surface area contributed by atoms with Crippen LogP contribution in [-0.4, -0.2) is 61.6 Å². The number of fused-ring (bicyclic) bond motifs is 1. The third kappa shape index (κ3) is 4.60. The highest BCUT2D eigenvalue weighted by Crippen LogP contribution is 2.31. The third-order valence-corrected chi connectivity index (χ3v) is 5.60. The zero-order valence-corrected chi connectivity index (χ0v) is 19.2. The van der Waals surface area contributed by atoms with Crippen LogP contribution in [0.3, 0.4) is 0 Å². The van der Waals surface area contributed by atoms with E-state index in [1.54, 1.807) is 46.3 Å². The molecule has 1 N–H and O–H groups in total. The van der Waals surface area contributed by atoms with Crippen molar-refractivity contribution in [3.05, 3.63) is 59.9 Å². The number of rotatable bonds is 5. The Bertz CT molecular complexity index is 1440. The number of pyridine rings is 3. The van der Waals surface area contributed by atoms with Crippen molar-refractivity contribution in [2.75, 3.05) is 31.6 Å². The lowest BCUT2D eigenvalue weighted by Gasteiger charge is -2.26. The van der Waals surface area contributed by atoms with E-state index >= 15 is 0 Å². The summed E-state index contributed by atoms with van der Waals surface area (Å²) >= 11 is 0. The van der Waals surface area contributed by atoms with E-state index in [-0.39, 0.29) is 5.91 Å². The lowest BCUT2D eigenvalue weighted by atomic mass is 10.2. The Morgan fingerprint density at radius 2 is 2.00 bits per heavy atom. The van der Waals surface area contributed by atoms with E-state index in [1.165, 1.54) is 6.20 Å². The molecule has 0 radical (unpaired) electrons. The van der Waals surface area contributed by atoms with Crippen molar-refractivity contribution in [2.24, 2.45) is 7.05 Å². The Hall–Kier alpha value is -4.56. The standard InChI is InChI=1S/C24H22N8O3/c1-15-9-17(11-25)26-13-20(15)35-21-10-19(22-23(30-21)31(2)14-28-22)29-16-3-4-18(27-12-16)24(33)32-5-7-34-8-6-32/h3-4,9-10,12-14H,5-8H2,1-2H3,(H,29,30). The van der Waals surface area contributed by atoms with Gasteiger partial charge in [0.15, 0.2) is 11.4 Å². The van der Waals surface area contributed by atoms with Gasteiger partial charge >= 0.3 is 0 Å². The molecule has 4 aromatic heterocycles. The molecule has 11 heteroatoms. The highest BCUT2D eigenvalue weighted by Gasteiger charge is 2.20. The Morgan fingerprint density at radius 1 is 1.17 bits per heavy atom. The van der Waals surface area contributed by atoms with E-state index in [1.807, 2.05) is 20.0 Å². The number of carbonyl (C=O) groups is 1. The molecule has 11 nitrogen and oxygen atoms in total. The van der Waals surface area contributed by atoms with Gasteiger partial charge in [-0.2, -0.15) is 10.2 Å². The van der Waals surface area contributed by atoms with Crippen LogP contribution in [0.4, 0.5) is 11.4 Å². The number of morpholine rings is 1. The zero-order valence-electron chi connectivity index (χ0n) is 19.2. The smallest absolute Gasteiger partial charge is 0.272 e. The molecule has 5 rings (SSSR count). The second-order valence-electron chi connectivity index (χ2n) is 8.05. The molecule has 5 heterocycles. The van der Waals surface area contributed by atoms with Crippen molar-refractivity contribution in [1.29, 1.82) is 5.26 Å². The van der Waals surface area contributed by atoms with Gasteiger partial charge in [-0.1, -0.05) is 0 Å². The van der Waals surface area contributed by atoms with Crippen molar-refractivity contribution >= 4 is 28.4 Å². The van der Waals surface area contributed by atoms with Crippen molar-refractivity contribution in [1.82, 2.24) is 29.4 Å². The maximum Gasteiger partial charge on any atom is 0.272 e. The number of hydrogen-bond donors (Lipinski definition) is 1. The van der Waals surface area contributed by atoms with Gasteiger partial charge in [-0.3, -0.25) is 4.79 Å². The summed E-state index contributed by atoms with van der Waals surface area (Å²) in [5.41, 5.74) is 4.09. The van der Waals surface area contributed by atoms with Crippen LogP contribution in [-0.2, 0) is 11.8 Å². The molecule has 4 aromatic rings. The monoisotopic (exact) mass is 470 g/mol. The first kappa shape index (κ1) is 22.2. The zero-order chi connectivity index (χ0) is 24.4. The molecular weight excluding hydrogens is 448 g/mol. The number of carbonyl (C=O) groups excluding carboxylic acids is 1. The number of imidazole rings is 1. The average Bonchev–Trinajstić information content (AvgIpc) is 3.26. The van der Waals surface area contributed by atoms with E-state index in [0.717, 1.165) is 5.56 Å². The molecule has 0 aromatic carbocycles. The van der Waals surface area contributed by atoms with Crippen molar-refractivity contribution in [2.45, 2.75) is 6.92 Å². The van der Waals surface area contributed by atoms with Gasteiger partial charge in [-0.25, -0.2) is 15.0 Å². The third-order valence-electron chi connectivity index (χ3n) is 5.60. The molecule has 1 saturated heterocycles. The van der Waals surface area contributed by atoms with E-state index in [9.17, 15) is 4.79 Å². The number of amides is 1. The van der Waals surface area contributed by atoms with Gasteiger partial charge < -0.3 is 24.3 Å². The molecule has 35 heavy (non-hydrogen) atoms. The minimum absolute atomic E-state index is 0.113. The van der Waals surface area contributed by atoms with Crippen LogP contribution in [0.25, 0.3) is 11.2 Å². The first-order valence-corrected chi connectivity index (χ1v) is 11.0. The fourth-order valence-corrected chi connectivity index (χ4v) is 3.72. The van der Waals surface area contributed by atoms with Gasteiger partial charge in [0.2, 0.25) is 5.88 Å². The predicted molar refractivity (Wildman–Crippen MR) is 127 cm³/mol. The summed E-state index contributed by atoms with van der Waals surface area (Å²) in [5, 5.41) is 12.3. The summed E-state index contributed by atoms with van der Waals surface area (Å²) in [6.07, 6.45) is 4.78. The van der Waals surface area contributed by atoms with Gasteiger partial charge in [0.1, 0.15) is 23.0 Å². The van der Waals surface area contributed by atoms with Crippen LogP contribution in [0.2, 0.25) is 0 Å². The summed E-state index contributed by atoms with van der Waals surface area (Å²) in [7, 11) is 1.85. The molecule has 1 amide bonds. The Balaban J connectivity index is 1.41. The van der Waals surface area contributed by atoms with E-state index in [0.29, 0.717) is 71.9 Å². The quantitative estimate of drug-likeness (QED) is 0.468. The maximum atomic E-state index is 12.7. The van der Waals surface area contributed by atoms with Crippen LogP contribution >= 0.6 is 0 Å². The van der Waals surface area contributed by atoms with Crippen molar-refractivity contribution < 1.29 is 14.3 Å². The Kier molecular flexibility index (Phi) is 5.95. The molecule has 0 saturated carbocycles. The SMILES string of the molecule is Cc1cc(C#N)ncc1Oc1cc(Nc2ccc(C(=O)N3CCOCC3)nc2)c2ncn(C)c2n1. The fraction of sp³-hybridized carbons (Fsp3) is 0.250. The van der Waals surface area contributed by atoms with Gasteiger partial charge in [0, 0.05) is 26.2 Å². The number of hydrogen-bond acceptors (Lipinski definition) is 9. The first-order chi connectivity index (χ1) is 17.0. The number of aromatic nitrogens is 5. The van der Waals surface area contributed by atoms with Crippen LogP contribution in [0.15, 0.2) is 43.0 Å². The van der Waals surface area contributed by atoms with E-state index in [4.69, 9.17) is 14.7 Å². The molecule has 0 atom stereocenters. The second kappa shape index (κ2) is 9.36. The normalized spacial score (nSPS) is 13.5. The molecule has 176 valence electrons. The number of nitrogens with zero attached hydrogens (tertiary/aromatic N) is 7. The average molecular weight is 470 g/mol. The van der Waals surface area contributed by atoms with E-state index < -0.39 is 0 Å². The van der Waals surface area contributed by atoms with Crippen LogP contribution < -0.4 is 10.1 Å². The summed E-state index contributed by atoms with van der Waals surface area (Å²) < 4.78 is 13.1. The molecule has 0 aliphatic carbocycles. The molecular formula is C24H22N8O3. The minimum Gasteiger partial charge on any atom is -0.437 e. The van der Waals surface area contributed by atoms with Crippen LogP contribution in [0.1, 0.15) is 21.7 Å². The number of nitriles is 1. The maximum absolute atomic E-state index is 12.7. The van der Waals surface area contributed by atoms with Gasteiger partial charge in [-0.15, -0.1) is 0 Å². The Morgan fingerprint density at radius 3 is 2.71 bits per heavy atom. The van der Waals surface area contributed by atoms with Crippen molar-refractivity contribution in [3.8, 4) is 17.7 Å². The molecule has 1 fully saturated rings. The first-order valence-electron chi connectivity index (χ1n) is 11.0. The molecule has 1 aliphatic heterocycles. The summed E-state index contributed by atoms with van der Waals surface area (Å²) in [4.78, 5) is 31.9. The topological polar surface area (TPSA) is 131 Å². The lowest BCUT2D eigenvalue weighted by molar-refractivity contribution is 0.0299. The van der Waals surface area contributed by atoms with Crippen LogP contribution in [0, 0.1) is 18.3 Å². The summed E-state index contributed by atoms with van der Waals surface area (Å²) in [5.74, 6) is 0.722. The largest absolute Gasteiger partial charge is 0.437 e. The Labute approximate surface area is 201 Å². The number of nitrogens with one attached hydrogen (secondary N) is 1. The molecule has 0 bridgehead atoms. The van der Waals surface area contributed by atoms with Gasteiger partial charge in [0.05, 0.1) is 43.3 Å². The summed E-state index contributed by atoms with van der Waals surface area (Å²) in [6, 6.07) is 8.90. The fourth-order valence-electron chi connectivity index (χ4n) is 3.72. The minimum atomic E-state index is -0.113. The highest BCUT2D eigenvalue weighted by atomic mass is 16.5. The predicted octanol–water partition coefficient (Wildman–Crippen LogP) is 2.95. The van der Waals surface area contributed by atoms with Gasteiger partial charge in [-0.05, 0) is 30.7 Å². The molecule has 0 unspecified atom stereocenters. The van der Waals surface area contributed by atoms with E-state index in [2.05, 4.69) is 25.3 Å². The number of anilines is 2. The summed E-state index contributed by atoms with van der Waals surface area (Å²) in [6.45, 7) is 4.04. The molecule has 1 aliphatic rings. The number of ether oxygens (including phenoxy) is 2.